The number of aromatic nitrogens is 1. The number of aromatic amines is 1. The average molecular weight is 393 g/mol. The first-order valence-electron chi connectivity index (χ1n) is 9.99. The number of para-hydroxylation sites is 1. The standard InChI is InChI=1S/C23H27N3O3/c1-28-15-5-13-24-23(27)26-14-12-19-18-6-3-4-7-20(18)25-21(19)22(26)16-8-10-17(29-2)11-9-16/h3-4,6-11,22,25H,5,12-15H2,1-2H3,(H,24,27)/t22-/m0/s1. The number of carbonyl (C=O) groups excluding carboxylic acids is 1. The number of urea groups is 1. The zero-order chi connectivity index (χ0) is 20.2. The molecule has 0 bridgehead atoms. The van der Waals surface area contributed by atoms with Crippen LogP contribution in [0.5, 0.6) is 5.75 Å². The third-order valence-corrected chi connectivity index (χ3v) is 5.53. The molecule has 2 heterocycles. The van der Waals surface area contributed by atoms with Gasteiger partial charge in [-0.3, -0.25) is 0 Å². The van der Waals surface area contributed by atoms with Crippen LogP contribution in [0.2, 0.25) is 0 Å². The predicted molar refractivity (Wildman–Crippen MR) is 113 cm³/mol. The molecule has 1 aliphatic rings. The maximum Gasteiger partial charge on any atom is 0.318 e. The summed E-state index contributed by atoms with van der Waals surface area (Å²) in [6.45, 7) is 1.90. The van der Waals surface area contributed by atoms with E-state index in [1.54, 1.807) is 14.2 Å². The molecule has 0 aliphatic carbocycles. The van der Waals surface area contributed by atoms with Crippen LogP contribution in [0.4, 0.5) is 4.79 Å². The van der Waals surface area contributed by atoms with Gasteiger partial charge in [0.1, 0.15) is 5.75 Å². The van der Waals surface area contributed by atoms with Gasteiger partial charge in [0.25, 0.3) is 0 Å². The zero-order valence-corrected chi connectivity index (χ0v) is 16.9. The SMILES string of the molecule is COCCCNC(=O)N1CCc2c([nH]c3ccccc23)[C@@H]1c1ccc(OC)cc1. The number of benzene rings is 2. The minimum absolute atomic E-state index is 0.0498. The van der Waals surface area contributed by atoms with E-state index in [1.165, 1.54) is 10.9 Å². The maximum absolute atomic E-state index is 13.0. The van der Waals surface area contributed by atoms with Gasteiger partial charge in [-0.15, -0.1) is 0 Å². The quantitative estimate of drug-likeness (QED) is 0.625. The Kier molecular flexibility index (Phi) is 5.71. The number of ether oxygens (including phenoxy) is 2. The van der Waals surface area contributed by atoms with Gasteiger partial charge in [0.05, 0.1) is 13.2 Å². The van der Waals surface area contributed by atoms with Gasteiger partial charge in [0, 0.05) is 43.4 Å². The fourth-order valence-electron chi connectivity index (χ4n) is 4.11. The molecule has 0 fully saturated rings. The molecule has 152 valence electrons. The zero-order valence-electron chi connectivity index (χ0n) is 16.9. The summed E-state index contributed by atoms with van der Waals surface area (Å²) >= 11 is 0. The normalized spacial score (nSPS) is 15.9. The second-order valence-corrected chi connectivity index (χ2v) is 7.26. The molecule has 0 radical (unpaired) electrons. The molecular formula is C23H27N3O3. The molecule has 1 atom stereocenters. The summed E-state index contributed by atoms with van der Waals surface area (Å²) in [6, 6.07) is 16.1. The summed E-state index contributed by atoms with van der Waals surface area (Å²) in [4.78, 5) is 18.5. The van der Waals surface area contributed by atoms with Crippen molar-refractivity contribution >= 4 is 16.9 Å². The minimum atomic E-state index is -0.167. The molecule has 2 amide bonds. The van der Waals surface area contributed by atoms with Crippen molar-refractivity contribution < 1.29 is 14.3 Å². The average Bonchev–Trinajstić information content (AvgIpc) is 3.15. The van der Waals surface area contributed by atoms with Crippen molar-refractivity contribution in [3.05, 3.63) is 65.4 Å². The summed E-state index contributed by atoms with van der Waals surface area (Å²) in [6.07, 6.45) is 1.62. The highest BCUT2D eigenvalue weighted by atomic mass is 16.5. The molecule has 1 aliphatic heterocycles. The van der Waals surface area contributed by atoms with E-state index in [0.29, 0.717) is 19.7 Å². The molecule has 4 rings (SSSR count). The van der Waals surface area contributed by atoms with Crippen LogP contribution in [0, 0.1) is 0 Å². The Morgan fingerprint density at radius 2 is 1.97 bits per heavy atom. The summed E-state index contributed by atoms with van der Waals surface area (Å²) < 4.78 is 10.4. The lowest BCUT2D eigenvalue weighted by Crippen LogP contribution is -2.46. The van der Waals surface area contributed by atoms with Crippen molar-refractivity contribution in [1.29, 1.82) is 0 Å². The Hall–Kier alpha value is -2.99. The van der Waals surface area contributed by atoms with Crippen LogP contribution in [0.3, 0.4) is 0 Å². The number of H-pyrrole nitrogens is 1. The molecule has 0 spiro atoms. The lowest BCUT2D eigenvalue weighted by Gasteiger charge is -2.36. The number of hydrogen-bond acceptors (Lipinski definition) is 3. The number of methoxy groups -OCH3 is 2. The van der Waals surface area contributed by atoms with Gasteiger partial charge in [-0.05, 0) is 42.2 Å². The number of rotatable bonds is 6. The van der Waals surface area contributed by atoms with E-state index < -0.39 is 0 Å². The van der Waals surface area contributed by atoms with E-state index in [-0.39, 0.29) is 12.1 Å². The molecule has 0 saturated carbocycles. The molecule has 29 heavy (non-hydrogen) atoms. The van der Waals surface area contributed by atoms with Crippen molar-refractivity contribution in [2.45, 2.75) is 18.9 Å². The molecule has 0 unspecified atom stereocenters. The maximum atomic E-state index is 13.0. The molecule has 2 aromatic carbocycles. The highest BCUT2D eigenvalue weighted by Gasteiger charge is 2.34. The van der Waals surface area contributed by atoms with Crippen LogP contribution in [0.15, 0.2) is 48.5 Å². The minimum Gasteiger partial charge on any atom is -0.497 e. The fraction of sp³-hybridized carbons (Fsp3) is 0.348. The van der Waals surface area contributed by atoms with Gasteiger partial charge in [0.2, 0.25) is 0 Å². The van der Waals surface area contributed by atoms with Gasteiger partial charge < -0.3 is 24.7 Å². The molecule has 0 saturated heterocycles. The van der Waals surface area contributed by atoms with Crippen LogP contribution in [-0.2, 0) is 11.2 Å². The van der Waals surface area contributed by atoms with E-state index in [0.717, 1.165) is 35.4 Å². The summed E-state index contributed by atoms with van der Waals surface area (Å²) in [7, 11) is 3.33. The van der Waals surface area contributed by atoms with Gasteiger partial charge >= 0.3 is 6.03 Å². The largest absolute Gasteiger partial charge is 0.497 e. The Labute approximate surface area is 170 Å². The van der Waals surface area contributed by atoms with E-state index in [2.05, 4.69) is 28.5 Å². The third kappa shape index (κ3) is 3.80. The molecule has 6 nitrogen and oxygen atoms in total. The number of carbonyl (C=O) groups is 1. The molecule has 3 aromatic rings. The molecule has 6 heteroatoms. The van der Waals surface area contributed by atoms with Crippen molar-refractivity contribution in [1.82, 2.24) is 15.2 Å². The van der Waals surface area contributed by atoms with E-state index in [9.17, 15) is 4.79 Å². The van der Waals surface area contributed by atoms with Crippen molar-refractivity contribution in [3.63, 3.8) is 0 Å². The lowest BCUT2D eigenvalue weighted by atomic mass is 9.92. The summed E-state index contributed by atoms with van der Waals surface area (Å²) in [5.41, 5.74) is 4.56. The Morgan fingerprint density at radius 1 is 1.17 bits per heavy atom. The highest BCUT2D eigenvalue weighted by Crippen LogP contribution is 2.38. The third-order valence-electron chi connectivity index (χ3n) is 5.53. The number of nitrogens with one attached hydrogen (secondary N) is 2. The Bertz CT molecular complexity index is 981. The highest BCUT2D eigenvalue weighted by molar-refractivity contribution is 5.86. The lowest BCUT2D eigenvalue weighted by molar-refractivity contribution is 0.173. The van der Waals surface area contributed by atoms with Crippen LogP contribution in [0.25, 0.3) is 10.9 Å². The Balaban J connectivity index is 1.70. The van der Waals surface area contributed by atoms with Gasteiger partial charge in [-0.25, -0.2) is 4.79 Å². The second kappa shape index (κ2) is 8.57. The summed E-state index contributed by atoms with van der Waals surface area (Å²) in [5.74, 6) is 0.803. The Morgan fingerprint density at radius 3 is 2.72 bits per heavy atom. The second-order valence-electron chi connectivity index (χ2n) is 7.26. The van der Waals surface area contributed by atoms with Gasteiger partial charge in [-0.1, -0.05) is 30.3 Å². The first-order chi connectivity index (χ1) is 14.2. The van der Waals surface area contributed by atoms with Crippen LogP contribution >= 0.6 is 0 Å². The van der Waals surface area contributed by atoms with Crippen LogP contribution in [0.1, 0.15) is 29.3 Å². The topological polar surface area (TPSA) is 66.6 Å². The first-order valence-corrected chi connectivity index (χ1v) is 9.99. The van der Waals surface area contributed by atoms with E-state index >= 15 is 0 Å². The van der Waals surface area contributed by atoms with E-state index in [1.807, 2.05) is 35.2 Å². The van der Waals surface area contributed by atoms with Gasteiger partial charge in [0.15, 0.2) is 0 Å². The van der Waals surface area contributed by atoms with Crippen molar-refractivity contribution in [2.75, 3.05) is 33.9 Å². The number of amides is 2. The molecular weight excluding hydrogens is 366 g/mol. The molecule has 2 N–H and O–H groups in total. The number of hydrogen-bond donors (Lipinski definition) is 2. The van der Waals surface area contributed by atoms with E-state index in [4.69, 9.17) is 9.47 Å². The van der Waals surface area contributed by atoms with Crippen molar-refractivity contribution in [2.24, 2.45) is 0 Å². The number of nitrogens with zero attached hydrogens (tertiary/aromatic N) is 1. The van der Waals surface area contributed by atoms with Crippen LogP contribution in [-0.4, -0.2) is 49.8 Å². The predicted octanol–water partition coefficient (Wildman–Crippen LogP) is 3.87. The number of fused-ring (bicyclic) bond motifs is 3. The van der Waals surface area contributed by atoms with Gasteiger partial charge in [-0.2, -0.15) is 0 Å². The van der Waals surface area contributed by atoms with Crippen LogP contribution < -0.4 is 10.1 Å². The smallest absolute Gasteiger partial charge is 0.318 e. The fourth-order valence-corrected chi connectivity index (χ4v) is 4.11. The summed E-state index contributed by atoms with van der Waals surface area (Å²) in [5, 5.41) is 4.28. The first kappa shape index (κ1) is 19.3. The molecule has 1 aromatic heterocycles. The van der Waals surface area contributed by atoms with Crippen molar-refractivity contribution in [3.8, 4) is 5.75 Å². The monoisotopic (exact) mass is 393 g/mol.